The van der Waals surface area contributed by atoms with Crippen molar-refractivity contribution in [3.8, 4) is 17.1 Å². The van der Waals surface area contributed by atoms with Crippen molar-refractivity contribution in [1.82, 2.24) is 20.1 Å². The lowest BCUT2D eigenvalue weighted by Gasteiger charge is -2.31. The van der Waals surface area contributed by atoms with E-state index in [-0.39, 0.29) is 24.1 Å². The van der Waals surface area contributed by atoms with E-state index in [2.05, 4.69) is 25.2 Å². The maximum absolute atomic E-state index is 12.9. The molecule has 1 atom stereocenters. The number of hydrogen-bond donors (Lipinski definition) is 2. The topological polar surface area (TPSA) is 100 Å². The third kappa shape index (κ3) is 5.68. The predicted molar refractivity (Wildman–Crippen MR) is 112 cm³/mol. The fourth-order valence-corrected chi connectivity index (χ4v) is 3.61. The SMILES string of the molecule is O=C(Nc1ccc(OC(F)(F)F)cc1)[C@@H]1CCCN(C(=O)c2cc(-c3ccccn3)n[nH]2)C1. The van der Waals surface area contributed by atoms with Gasteiger partial charge in [-0.05, 0) is 55.3 Å². The van der Waals surface area contributed by atoms with Gasteiger partial charge in [0.2, 0.25) is 5.91 Å². The largest absolute Gasteiger partial charge is 0.573 e. The molecule has 0 radical (unpaired) electrons. The molecule has 2 N–H and O–H groups in total. The fraction of sp³-hybridized carbons (Fsp3) is 0.273. The Morgan fingerprint density at radius 3 is 2.61 bits per heavy atom. The van der Waals surface area contributed by atoms with Crippen molar-refractivity contribution in [3.05, 3.63) is 60.4 Å². The molecule has 0 aliphatic carbocycles. The minimum absolute atomic E-state index is 0.220. The number of ether oxygens (including phenoxy) is 1. The Labute approximate surface area is 186 Å². The van der Waals surface area contributed by atoms with Crippen LogP contribution in [-0.4, -0.2) is 51.3 Å². The Balaban J connectivity index is 1.36. The molecule has 3 aromatic rings. The maximum atomic E-state index is 12.9. The summed E-state index contributed by atoms with van der Waals surface area (Å²) in [4.78, 5) is 31.4. The highest BCUT2D eigenvalue weighted by Gasteiger charge is 2.32. The van der Waals surface area contributed by atoms with Gasteiger partial charge >= 0.3 is 6.36 Å². The number of alkyl halides is 3. The van der Waals surface area contributed by atoms with Crippen molar-refractivity contribution >= 4 is 17.5 Å². The lowest BCUT2D eigenvalue weighted by atomic mass is 9.96. The van der Waals surface area contributed by atoms with Gasteiger partial charge in [0.05, 0.1) is 11.6 Å². The van der Waals surface area contributed by atoms with Crippen molar-refractivity contribution in [2.45, 2.75) is 19.2 Å². The molecule has 1 saturated heterocycles. The van der Waals surface area contributed by atoms with Crippen molar-refractivity contribution < 1.29 is 27.5 Å². The maximum Gasteiger partial charge on any atom is 0.573 e. The van der Waals surface area contributed by atoms with Crippen molar-refractivity contribution in [2.75, 3.05) is 18.4 Å². The number of rotatable bonds is 5. The number of pyridine rings is 1. The van der Waals surface area contributed by atoms with Crippen LogP contribution in [0.2, 0.25) is 0 Å². The van der Waals surface area contributed by atoms with Gasteiger partial charge in [0.15, 0.2) is 0 Å². The third-order valence-corrected chi connectivity index (χ3v) is 5.17. The van der Waals surface area contributed by atoms with Crippen LogP contribution < -0.4 is 10.1 Å². The van der Waals surface area contributed by atoms with E-state index in [1.54, 1.807) is 29.3 Å². The average molecular weight is 459 g/mol. The van der Waals surface area contributed by atoms with Crippen LogP contribution in [0.15, 0.2) is 54.7 Å². The molecule has 0 unspecified atom stereocenters. The van der Waals surface area contributed by atoms with Crippen molar-refractivity contribution in [3.63, 3.8) is 0 Å². The van der Waals surface area contributed by atoms with E-state index in [1.165, 1.54) is 12.1 Å². The van der Waals surface area contributed by atoms with Gasteiger partial charge in [0.25, 0.3) is 5.91 Å². The molecule has 2 aromatic heterocycles. The second-order valence-corrected chi connectivity index (χ2v) is 7.53. The third-order valence-electron chi connectivity index (χ3n) is 5.17. The van der Waals surface area contributed by atoms with E-state index < -0.39 is 12.3 Å². The number of aromatic nitrogens is 3. The lowest BCUT2D eigenvalue weighted by molar-refractivity contribution is -0.274. The number of hydrogen-bond acceptors (Lipinski definition) is 5. The number of H-pyrrole nitrogens is 1. The van der Waals surface area contributed by atoms with Crippen LogP contribution in [0, 0.1) is 5.92 Å². The first kappa shape index (κ1) is 22.3. The van der Waals surface area contributed by atoms with Crippen molar-refractivity contribution in [1.29, 1.82) is 0 Å². The Morgan fingerprint density at radius 2 is 1.91 bits per heavy atom. The first-order chi connectivity index (χ1) is 15.8. The molecule has 0 saturated carbocycles. The van der Waals surface area contributed by atoms with Crippen LogP contribution in [0.5, 0.6) is 5.75 Å². The van der Waals surface area contributed by atoms with E-state index in [0.29, 0.717) is 42.2 Å². The molecule has 8 nitrogen and oxygen atoms in total. The number of nitrogens with zero attached hydrogens (tertiary/aromatic N) is 3. The normalized spacial score (nSPS) is 16.3. The van der Waals surface area contributed by atoms with Gasteiger partial charge in [-0.2, -0.15) is 5.10 Å². The number of nitrogens with one attached hydrogen (secondary N) is 2. The molecule has 1 aliphatic heterocycles. The fourth-order valence-electron chi connectivity index (χ4n) is 3.61. The highest BCUT2D eigenvalue weighted by molar-refractivity contribution is 5.95. The number of amides is 2. The van der Waals surface area contributed by atoms with Gasteiger partial charge in [0, 0.05) is 25.0 Å². The molecule has 2 amide bonds. The summed E-state index contributed by atoms with van der Waals surface area (Å²) >= 11 is 0. The molecule has 33 heavy (non-hydrogen) atoms. The number of aromatic amines is 1. The molecule has 0 spiro atoms. The van der Waals surface area contributed by atoms with Gasteiger partial charge in [-0.25, -0.2) is 0 Å². The van der Waals surface area contributed by atoms with E-state index >= 15 is 0 Å². The molecule has 1 fully saturated rings. The first-order valence-electron chi connectivity index (χ1n) is 10.2. The standard InChI is InChI=1S/C22H20F3N5O3/c23-22(24,25)33-16-8-6-15(7-9-16)27-20(31)14-4-3-11-30(13-14)21(32)19-12-18(28-29-19)17-5-1-2-10-26-17/h1-2,5-10,12,14H,3-4,11,13H2,(H,27,31)(H,28,29)/t14-/m1/s1. The van der Waals surface area contributed by atoms with Crippen molar-refractivity contribution in [2.24, 2.45) is 5.92 Å². The molecule has 1 aliphatic rings. The minimum atomic E-state index is -4.78. The van der Waals surface area contributed by atoms with Gasteiger partial charge in [0.1, 0.15) is 17.1 Å². The summed E-state index contributed by atoms with van der Waals surface area (Å²) in [5.74, 6) is -1.40. The number of halogens is 3. The Kier molecular flexibility index (Phi) is 6.29. The zero-order valence-electron chi connectivity index (χ0n) is 17.3. The molecule has 11 heteroatoms. The zero-order valence-corrected chi connectivity index (χ0v) is 17.3. The Morgan fingerprint density at radius 1 is 1.12 bits per heavy atom. The predicted octanol–water partition coefficient (Wildman–Crippen LogP) is 3.86. The Bertz CT molecular complexity index is 1120. The summed E-state index contributed by atoms with van der Waals surface area (Å²) in [6.45, 7) is 0.724. The number of piperidine rings is 1. The summed E-state index contributed by atoms with van der Waals surface area (Å²) in [7, 11) is 0. The van der Waals surface area contributed by atoms with Gasteiger partial charge in [-0.15, -0.1) is 13.2 Å². The molecule has 172 valence electrons. The van der Waals surface area contributed by atoms with Crippen LogP contribution in [-0.2, 0) is 4.79 Å². The van der Waals surface area contributed by atoms with Crippen LogP contribution in [0.25, 0.3) is 11.4 Å². The Hall–Kier alpha value is -3.89. The molecule has 4 rings (SSSR count). The average Bonchev–Trinajstić information content (AvgIpc) is 3.30. The minimum Gasteiger partial charge on any atom is -0.406 e. The van der Waals surface area contributed by atoms with E-state index in [0.717, 1.165) is 12.1 Å². The summed E-state index contributed by atoms with van der Waals surface area (Å²) in [5, 5.41) is 9.56. The van der Waals surface area contributed by atoms with Crippen LogP contribution >= 0.6 is 0 Å². The summed E-state index contributed by atoms with van der Waals surface area (Å²) in [6, 6.07) is 11.9. The zero-order chi connectivity index (χ0) is 23.4. The highest BCUT2D eigenvalue weighted by atomic mass is 19.4. The van der Waals surface area contributed by atoms with E-state index in [4.69, 9.17) is 0 Å². The molecule has 0 bridgehead atoms. The van der Waals surface area contributed by atoms with Gasteiger partial charge in [-0.1, -0.05) is 6.07 Å². The summed E-state index contributed by atoms with van der Waals surface area (Å²) in [5.41, 5.74) is 1.82. The van der Waals surface area contributed by atoms with Crippen LogP contribution in [0.1, 0.15) is 23.3 Å². The number of likely N-dealkylation sites (tertiary alicyclic amines) is 1. The first-order valence-corrected chi connectivity index (χ1v) is 10.2. The molecule has 1 aromatic carbocycles. The smallest absolute Gasteiger partial charge is 0.406 e. The summed E-state index contributed by atoms with van der Waals surface area (Å²) in [6.07, 6.45) is -1.91. The molecular formula is C22H20F3N5O3. The number of carbonyl (C=O) groups excluding carboxylic acids is 2. The second kappa shape index (κ2) is 9.31. The molecule has 3 heterocycles. The van der Waals surface area contributed by atoms with E-state index in [9.17, 15) is 22.8 Å². The molecular weight excluding hydrogens is 439 g/mol. The monoisotopic (exact) mass is 459 g/mol. The number of benzene rings is 1. The summed E-state index contributed by atoms with van der Waals surface area (Å²) < 4.78 is 40.6. The number of anilines is 1. The number of carbonyl (C=O) groups is 2. The highest BCUT2D eigenvalue weighted by Crippen LogP contribution is 2.25. The van der Waals surface area contributed by atoms with Gasteiger partial charge in [-0.3, -0.25) is 19.7 Å². The van der Waals surface area contributed by atoms with E-state index in [1.807, 2.05) is 6.07 Å². The van der Waals surface area contributed by atoms with Gasteiger partial charge < -0.3 is 15.0 Å². The second-order valence-electron chi connectivity index (χ2n) is 7.53. The van der Waals surface area contributed by atoms with Crippen LogP contribution in [0.3, 0.4) is 0 Å². The lowest BCUT2D eigenvalue weighted by Crippen LogP contribution is -2.43. The quantitative estimate of drug-likeness (QED) is 0.604. The van der Waals surface area contributed by atoms with Crippen LogP contribution in [0.4, 0.5) is 18.9 Å².